The van der Waals surface area contributed by atoms with Gasteiger partial charge in [-0.3, -0.25) is 4.99 Å². The topological polar surface area (TPSA) is 50.4 Å². The second kappa shape index (κ2) is 7.82. The first-order valence-electron chi connectivity index (χ1n) is 7.14. The molecule has 0 radical (unpaired) electrons. The van der Waals surface area contributed by atoms with Gasteiger partial charge in [-0.15, -0.1) is 0 Å². The normalized spacial score (nSPS) is 12.2. The Morgan fingerprint density at radius 1 is 1.16 bits per heavy atom. The number of nitrogens with two attached hydrogens (primary N) is 1. The summed E-state index contributed by atoms with van der Waals surface area (Å²) in [5.74, 6) is 1.14. The molecule has 3 N–H and O–H groups in total. The summed E-state index contributed by atoms with van der Waals surface area (Å²) in [6, 6.07) is 9.21. The second-order valence-corrected chi connectivity index (χ2v) is 5.57. The van der Waals surface area contributed by atoms with Crippen LogP contribution in [0.4, 0.5) is 0 Å². The van der Waals surface area contributed by atoms with E-state index in [0.717, 1.165) is 19.4 Å². The number of aryl methyl sites for hydroxylation is 1. The first-order valence-corrected chi connectivity index (χ1v) is 7.14. The number of rotatable bonds is 6. The number of nitrogens with zero attached hydrogens (tertiary/aromatic N) is 1. The van der Waals surface area contributed by atoms with Gasteiger partial charge >= 0.3 is 0 Å². The molecular formula is C16H27N3. The predicted molar refractivity (Wildman–Crippen MR) is 83.6 cm³/mol. The summed E-state index contributed by atoms with van der Waals surface area (Å²) in [7, 11) is 0. The van der Waals surface area contributed by atoms with Crippen LogP contribution in [0.3, 0.4) is 0 Å². The maximum atomic E-state index is 5.75. The highest BCUT2D eigenvalue weighted by Gasteiger charge is 1.99. The van der Waals surface area contributed by atoms with Gasteiger partial charge < -0.3 is 11.1 Å². The number of hydrogen-bond acceptors (Lipinski definition) is 1. The van der Waals surface area contributed by atoms with Crippen molar-refractivity contribution in [2.75, 3.05) is 6.54 Å². The van der Waals surface area contributed by atoms with Gasteiger partial charge in [0.15, 0.2) is 5.96 Å². The van der Waals surface area contributed by atoms with Gasteiger partial charge in [0.1, 0.15) is 0 Å². The summed E-state index contributed by atoms with van der Waals surface area (Å²) in [6.45, 7) is 9.32. The summed E-state index contributed by atoms with van der Waals surface area (Å²) < 4.78 is 0. The van der Waals surface area contributed by atoms with Crippen LogP contribution in [0.1, 0.15) is 51.2 Å². The lowest BCUT2D eigenvalue weighted by Crippen LogP contribution is -2.36. The van der Waals surface area contributed by atoms with Crippen LogP contribution in [0.5, 0.6) is 0 Å². The summed E-state index contributed by atoms with van der Waals surface area (Å²) >= 11 is 0. The minimum atomic E-state index is 0.340. The maximum Gasteiger partial charge on any atom is 0.188 e. The summed E-state index contributed by atoms with van der Waals surface area (Å²) in [6.07, 6.45) is 2.08. The zero-order valence-electron chi connectivity index (χ0n) is 12.6. The number of guanidine groups is 1. The molecule has 0 unspecified atom stereocenters. The summed E-state index contributed by atoms with van der Waals surface area (Å²) in [5.41, 5.74) is 8.51. The highest BCUT2D eigenvalue weighted by atomic mass is 15.1. The number of nitrogens with one attached hydrogen (secondary N) is 1. The van der Waals surface area contributed by atoms with Crippen molar-refractivity contribution in [1.29, 1.82) is 0 Å². The van der Waals surface area contributed by atoms with Crippen molar-refractivity contribution < 1.29 is 0 Å². The van der Waals surface area contributed by atoms with E-state index < -0.39 is 0 Å². The Morgan fingerprint density at radius 2 is 1.79 bits per heavy atom. The highest BCUT2D eigenvalue weighted by Crippen LogP contribution is 2.15. The lowest BCUT2D eigenvalue weighted by atomic mass is 10.0. The highest BCUT2D eigenvalue weighted by molar-refractivity contribution is 5.78. The molecule has 0 heterocycles. The molecule has 3 heteroatoms. The van der Waals surface area contributed by atoms with Gasteiger partial charge in [0.05, 0.1) is 0 Å². The molecule has 0 saturated carbocycles. The van der Waals surface area contributed by atoms with Gasteiger partial charge in [-0.2, -0.15) is 0 Å². The molecule has 0 aliphatic rings. The Bertz CT molecular complexity index is 391. The van der Waals surface area contributed by atoms with E-state index >= 15 is 0 Å². The average Bonchev–Trinajstić information content (AvgIpc) is 2.34. The van der Waals surface area contributed by atoms with E-state index in [1.807, 2.05) is 0 Å². The molecule has 0 saturated heterocycles. The maximum absolute atomic E-state index is 5.75. The first-order chi connectivity index (χ1) is 8.99. The van der Waals surface area contributed by atoms with E-state index in [9.17, 15) is 0 Å². The fraction of sp³-hybridized carbons (Fsp3) is 0.562. The lowest BCUT2D eigenvalue weighted by molar-refractivity contribution is 0.719. The third-order valence-electron chi connectivity index (χ3n) is 2.99. The van der Waals surface area contributed by atoms with Crippen LogP contribution < -0.4 is 11.1 Å². The number of hydrogen-bond donors (Lipinski definition) is 2. The molecule has 19 heavy (non-hydrogen) atoms. The smallest absolute Gasteiger partial charge is 0.188 e. The molecule has 0 atom stereocenters. The first kappa shape index (κ1) is 15.5. The molecule has 0 aliphatic carbocycles. The van der Waals surface area contributed by atoms with Crippen LogP contribution in [-0.2, 0) is 6.42 Å². The van der Waals surface area contributed by atoms with Gasteiger partial charge in [-0.05, 0) is 43.7 Å². The molecule has 1 rings (SSSR count). The molecule has 3 nitrogen and oxygen atoms in total. The molecule has 106 valence electrons. The summed E-state index contributed by atoms with van der Waals surface area (Å²) in [5, 5.41) is 3.09. The largest absolute Gasteiger partial charge is 0.370 e. The van der Waals surface area contributed by atoms with Crippen molar-refractivity contribution in [2.45, 2.75) is 52.5 Å². The van der Waals surface area contributed by atoms with Gasteiger partial charge in [0.2, 0.25) is 0 Å². The Kier molecular flexibility index (Phi) is 6.40. The zero-order chi connectivity index (χ0) is 14.3. The number of benzene rings is 1. The van der Waals surface area contributed by atoms with Crippen molar-refractivity contribution in [1.82, 2.24) is 5.32 Å². The fourth-order valence-electron chi connectivity index (χ4n) is 1.89. The van der Waals surface area contributed by atoms with Crippen molar-refractivity contribution in [3.05, 3.63) is 35.4 Å². The molecule has 1 aromatic rings. The van der Waals surface area contributed by atoms with E-state index in [4.69, 9.17) is 5.73 Å². The van der Waals surface area contributed by atoms with Crippen molar-refractivity contribution in [3.63, 3.8) is 0 Å². The van der Waals surface area contributed by atoms with Crippen molar-refractivity contribution in [2.24, 2.45) is 10.7 Å². The third kappa shape index (κ3) is 6.27. The molecule has 0 bridgehead atoms. The quantitative estimate of drug-likeness (QED) is 0.470. The van der Waals surface area contributed by atoms with Crippen LogP contribution in [0.2, 0.25) is 0 Å². The molecular weight excluding hydrogens is 234 g/mol. The van der Waals surface area contributed by atoms with Gasteiger partial charge in [0.25, 0.3) is 0 Å². The van der Waals surface area contributed by atoms with E-state index in [1.54, 1.807) is 0 Å². The predicted octanol–water partition coefficient (Wildman–Crippen LogP) is 3.06. The minimum absolute atomic E-state index is 0.340. The molecule has 0 fully saturated rings. The van der Waals surface area contributed by atoms with Crippen molar-refractivity contribution in [3.8, 4) is 0 Å². The Balaban J connectivity index is 2.33. The van der Waals surface area contributed by atoms with Gasteiger partial charge in [0, 0.05) is 12.6 Å². The molecule has 0 spiro atoms. The van der Waals surface area contributed by atoms with E-state index in [0.29, 0.717) is 17.9 Å². The minimum Gasteiger partial charge on any atom is -0.370 e. The molecule has 0 aliphatic heterocycles. The molecule has 1 aromatic carbocycles. The Labute approximate surface area is 117 Å². The Hall–Kier alpha value is -1.51. The standard InChI is InChI=1S/C16H27N3/c1-12(2)15-9-7-14(8-10-15)6-5-11-18-16(17)19-13(3)4/h7-10,12-13H,5-6,11H2,1-4H3,(H3,17,18,19). The van der Waals surface area contributed by atoms with E-state index in [-0.39, 0.29) is 0 Å². The average molecular weight is 261 g/mol. The summed E-state index contributed by atoms with van der Waals surface area (Å²) in [4.78, 5) is 4.31. The van der Waals surface area contributed by atoms with E-state index in [2.05, 4.69) is 62.3 Å². The SMILES string of the molecule is CC(C)NC(N)=NCCCc1ccc(C(C)C)cc1. The lowest BCUT2D eigenvalue weighted by Gasteiger charge is -2.08. The fourth-order valence-corrected chi connectivity index (χ4v) is 1.89. The zero-order valence-corrected chi connectivity index (χ0v) is 12.6. The van der Waals surface area contributed by atoms with Crippen LogP contribution >= 0.6 is 0 Å². The van der Waals surface area contributed by atoms with E-state index in [1.165, 1.54) is 11.1 Å². The van der Waals surface area contributed by atoms with Gasteiger partial charge in [-0.1, -0.05) is 38.1 Å². The van der Waals surface area contributed by atoms with Crippen LogP contribution in [-0.4, -0.2) is 18.5 Å². The monoisotopic (exact) mass is 261 g/mol. The molecule has 0 aromatic heterocycles. The second-order valence-electron chi connectivity index (χ2n) is 5.57. The Morgan fingerprint density at radius 3 is 2.32 bits per heavy atom. The number of aliphatic imine (C=N–C) groups is 1. The van der Waals surface area contributed by atoms with Crippen molar-refractivity contribution >= 4 is 5.96 Å². The van der Waals surface area contributed by atoms with Gasteiger partial charge in [-0.25, -0.2) is 0 Å². The van der Waals surface area contributed by atoms with Crippen LogP contribution in [0, 0.1) is 0 Å². The van der Waals surface area contributed by atoms with Crippen LogP contribution in [0.15, 0.2) is 29.3 Å². The third-order valence-corrected chi connectivity index (χ3v) is 2.99. The van der Waals surface area contributed by atoms with Crippen LogP contribution in [0.25, 0.3) is 0 Å². The molecule has 0 amide bonds.